The number of halogens is 1. The molecule has 18 heavy (non-hydrogen) atoms. The van der Waals surface area contributed by atoms with Crippen molar-refractivity contribution in [2.24, 2.45) is 11.7 Å². The minimum Gasteiger partial charge on any atom is -0.439 e. The van der Waals surface area contributed by atoms with Crippen LogP contribution >= 0.6 is 11.6 Å². The minimum atomic E-state index is -0.405. The molecule has 0 spiro atoms. The van der Waals surface area contributed by atoms with Crippen molar-refractivity contribution in [1.29, 1.82) is 0 Å². The van der Waals surface area contributed by atoms with Gasteiger partial charge in [0.05, 0.1) is 5.54 Å². The standard InChI is InChI=1S/C14H17ClN2O/c1-9-4-6-14(16,7-5-9)13-17-11-8-10(15)2-3-12(11)18-13/h2-3,8-9H,4-7,16H2,1H3. The van der Waals surface area contributed by atoms with Gasteiger partial charge < -0.3 is 10.2 Å². The lowest BCUT2D eigenvalue weighted by molar-refractivity contribution is 0.209. The highest BCUT2D eigenvalue weighted by Crippen LogP contribution is 2.38. The van der Waals surface area contributed by atoms with Gasteiger partial charge >= 0.3 is 0 Å². The molecule has 1 heterocycles. The molecule has 0 saturated heterocycles. The molecule has 2 aromatic rings. The van der Waals surface area contributed by atoms with Crippen LogP contribution in [0.1, 0.15) is 38.5 Å². The molecule has 0 bridgehead atoms. The fraction of sp³-hybridized carbons (Fsp3) is 0.500. The molecule has 0 unspecified atom stereocenters. The molecule has 1 fully saturated rings. The van der Waals surface area contributed by atoms with E-state index in [0.717, 1.165) is 42.7 Å². The summed E-state index contributed by atoms with van der Waals surface area (Å²) in [5.41, 5.74) is 7.60. The number of nitrogens with zero attached hydrogens (tertiary/aromatic N) is 1. The Balaban J connectivity index is 1.98. The maximum Gasteiger partial charge on any atom is 0.215 e. The lowest BCUT2D eigenvalue weighted by atomic mass is 9.78. The molecule has 1 aliphatic rings. The van der Waals surface area contributed by atoms with E-state index in [9.17, 15) is 0 Å². The molecule has 3 rings (SSSR count). The van der Waals surface area contributed by atoms with Crippen molar-refractivity contribution in [3.05, 3.63) is 29.1 Å². The topological polar surface area (TPSA) is 52.0 Å². The van der Waals surface area contributed by atoms with Crippen LogP contribution in [0.5, 0.6) is 0 Å². The van der Waals surface area contributed by atoms with Crippen molar-refractivity contribution in [3.63, 3.8) is 0 Å². The number of benzene rings is 1. The predicted octanol–water partition coefficient (Wildman–Crippen LogP) is 3.85. The third-order valence-corrected chi connectivity index (χ3v) is 4.18. The Bertz CT molecular complexity index is 570. The van der Waals surface area contributed by atoms with Gasteiger partial charge in [0.1, 0.15) is 5.52 Å². The summed E-state index contributed by atoms with van der Waals surface area (Å²) >= 11 is 5.95. The molecule has 4 heteroatoms. The Morgan fingerprint density at radius 1 is 1.39 bits per heavy atom. The van der Waals surface area contributed by atoms with Gasteiger partial charge in [-0.05, 0) is 49.8 Å². The Morgan fingerprint density at radius 2 is 2.11 bits per heavy atom. The molecule has 0 radical (unpaired) electrons. The van der Waals surface area contributed by atoms with E-state index in [1.165, 1.54) is 0 Å². The summed E-state index contributed by atoms with van der Waals surface area (Å²) < 4.78 is 5.81. The summed E-state index contributed by atoms with van der Waals surface area (Å²) in [5, 5.41) is 0.672. The second-order valence-corrected chi connectivity index (χ2v) is 5.91. The zero-order valence-electron chi connectivity index (χ0n) is 10.4. The van der Waals surface area contributed by atoms with Crippen LogP contribution in [0.15, 0.2) is 22.6 Å². The van der Waals surface area contributed by atoms with E-state index in [1.807, 2.05) is 18.2 Å². The molecule has 1 aliphatic carbocycles. The van der Waals surface area contributed by atoms with Gasteiger partial charge in [-0.2, -0.15) is 0 Å². The molecule has 0 amide bonds. The molecule has 0 atom stereocenters. The van der Waals surface area contributed by atoms with E-state index >= 15 is 0 Å². The molecule has 1 saturated carbocycles. The second-order valence-electron chi connectivity index (χ2n) is 5.47. The lowest BCUT2D eigenvalue weighted by Crippen LogP contribution is -2.40. The SMILES string of the molecule is CC1CCC(N)(c2nc3cc(Cl)ccc3o2)CC1. The largest absolute Gasteiger partial charge is 0.439 e. The number of hydrogen-bond donors (Lipinski definition) is 1. The first-order chi connectivity index (χ1) is 8.57. The highest BCUT2D eigenvalue weighted by atomic mass is 35.5. The van der Waals surface area contributed by atoms with E-state index in [4.69, 9.17) is 21.8 Å². The van der Waals surface area contributed by atoms with E-state index in [2.05, 4.69) is 11.9 Å². The lowest BCUT2D eigenvalue weighted by Gasteiger charge is -2.33. The van der Waals surface area contributed by atoms with Crippen molar-refractivity contribution in [1.82, 2.24) is 4.98 Å². The van der Waals surface area contributed by atoms with E-state index < -0.39 is 5.54 Å². The molecule has 1 aromatic heterocycles. The zero-order valence-corrected chi connectivity index (χ0v) is 11.2. The van der Waals surface area contributed by atoms with Crippen molar-refractivity contribution in [2.45, 2.75) is 38.1 Å². The van der Waals surface area contributed by atoms with Crippen LogP contribution in [0, 0.1) is 5.92 Å². The Kier molecular flexibility index (Phi) is 2.83. The van der Waals surface area contributed by atoms with Crippen LogP contribution in [-0.4, -0.2) is 4.98 Å². The third-order valence-electron chi connectivity index (χ3n) is 3.94. The first-order valence-corrected chi connectivity index (χ1v) is 6.80. The maximum absolute atomic E-state index is 6.46. The van der Waals surface area contributed by atoms with Crippen LogP contribution in [0.3, 0.4) is 0 Å². The number of rotatable bonds is 1. The smallest absolute Gasteiger partial charge is 0.215 e. The molecule has 96 valence electrons. The van der Waals surface area contributed by atoms with Gasteiger partial charge in [0.2, 0.25) is 5.89 Å². The minimum absolute atomic E-state index is 0.405. The quantitative estimate of drug-likeness (QED) is 0.851. The highest BCUT2D eigenvalue weighted by Gasteiger charge is 2.36. The molecule has 2 N–H and O–H groups in total. The van der Waals surface area contributed by atoms with Gasteiger partial charge in [-0.15, -0.1) is 0 Å². The Labute approximate surface area is 111 Å². The normalized spacial score (nSPS) is 28.7. The van der Waals surface area contributed by atoms with Gasteiger partial charge in [-0.25, -0.2) is 4.98 Å². The van der Waals surface area contributed by atoms with Crippen LogP contribution in [0.4, 0.5) is 0 Å². The summed E-state index contributed by atoms with van der Waals surface area (Å²) in [4.78, 5) is 4.52. The molecular weight excluding hydrogens is 248 g/mol. The summed E-state index contributed by atoms with van der Waals surface area (Å²) in [7, 11) is 0. The number of hydrogen-bond acceptors (Lipinski definition) is 3. The molecule has 1 aromatic carbocycles. The van der Waals surface area contributed by atoms with Crippen molar-refractivity contribution < 1.29 is 4.42 Å². The predicted molar refractivity (Wildman–Crippen MR) is 72.5 cm³/mol. The van der Waals surface area contributed by atoms with Crippen LogP contribution in [-0.2, 0) is 5.54 Å². The number of aromatic nitrogens is 1. The van der Waals surface area contributed by atoms with E-state index in [0.29, 0.717) is 10.9 Å². The fourth-order valence-electron chi connectivity index (χ4n) is 2.60. The maximum atomic E-state index is 6.46. The summed E-state index contributed by atoms with van der Waals surface area (Å²) in [6.07, 6.45) is 4.15. The van der Waals surface area contributed by atoms with Crippen molar-refractivity contribution >= 4 is 22.7 Å². The van der Waals surface area contributed by atoms with E-state index in [1.54, 1.807) is 0 Å². The zero-order chi connectivity index (χ0) is 12.8. The average molecular weight is 265 g/mol. The number of fused-ring (bicyclic) bond motifs is 1. The summed E-state index contributed by atoms with van der Waals surface area (Å²) in [6, 6.07) is 5.48. The van der Waals surface area contributed by atoms with E-state index in [-0.39, 0.29) is 0 Å². The van der Waals surface area contributed by atoms with Crippen LogP contribution in [0.2, 0.25) is 5.02 Å². The Hall–Kier alpha value is -1.06. The molecular formula is C14H17ClN2O. The monoisotopic (exact) mass is 264 g/mol. The summed E-state index contributed by atoms with van der Waals surface area (Å²) in [6.45, 7) is 2.27. The highest BCUT2D eigenvalue weighted by molar-refractivity contribution is 6.31. The number of oxazole rings is 1. The third kappa shape index (κ3) is 2.02. The summed E-state index contributed by atoms with van der Waals surface area (Å²) in [5.74, 6) is 1.41. The average Bonchev–Trinajstić information content (AvgIpc) is 2.77. The molecule has 0 aliphatic heterocycles. The first kappa shape index (κ1) is 12.0. The second kappa shape index (κ2) is 4.25. The van der Waals surface area contributed by atoms with Gasteiger partial charge in [0, 0.05) is 5.02 Å². The van der Waals surface area contributed by atoms with Gasteiger partial charge in [-0.1, -0.05) is 18.5 Å². The van der Waals surface area contributed by atoms with Crippen LogP contribution in [0.25, 0.3) is 11.1 Å². The van der Waals surface area contributed by atoms with Gasteiger partial charge in [0.15, 0.2) is 5.58 Å². The van der Waals surface area contributed by atoms with Gasteiger partial charge in [0.25, 0.3) is 0 Å². The first-order valence-electron chi connectivity index (χ1n) is 6.42. The Morgan fingerprint density at radius 3 is 2.83 bits per heavy atom. The van der Waals surface area contributed by atoms with Crippen molar-refractivity contribution in [2.75, 3.05) is 0 Å². The van der Waals surface area contributed by atoms with Gasteiger partial charge in [-0.3, -0.25) is 0 Å². The van der Waals surface area contributed by atoms with Crippen LogP contribution < -0.4 is 5.73 Å². The molecule has 3 nitrogen and oxygen atoms in total. The van der Waals surface area contributed by atoms with Crippen molar-refractivity contribution in [3.8, 4) is 0 Å². The fourth-order valence-corrected chi connectivity index (χ4v) is 2.77. The number of nitrogens with two attached hydrogens (primary N) is 1.